The molecule has 1 aromatic heterocycles. The summed E-state index contributed by atoms with van der Waals surface area (Å²) >= 11 is 3.23. The van der Waals surface area contributed by atoms with Crippen molar-refractivity contribution in [3.05, 3.63) is 45.6 Å². The molecule has 1 heterocycles. The van der Waals surface area contributed by atoms with E-state index in [0.29, 0.717) is 16.1 Å². The third-order valence-corrected chi connectivity index (χ3v) is 3.06. The molecule has 2 rings (SSSR count). The maximum Gasteiger partial charge on any atom is 0.337 e. The Hall–Kier alpha value is -2.15. The van der Waals surface area contributed by atoms with Crippen LogP contribution in [-0.2, 0) is 0 Å². The number of nitrogens with zero attached hydrogens (tertiary/aromatic N) is 1. The number of carboxylic acids is 1. The summed E-state index contributed by atoms with van der Waals surface area (Å²) in [6.07, 6.45) is 0. The molecule has 0 atom stereocenters. The molecule has 1 aromatic carbocycles. The Bertz CT molecular complexity index is 694. The number of halogens is 1. The van der Waals surface area contributed by atoms with E-state index in [2.05, 4.69) is 26.2 Å². The molecule has 0 spiro atoms. The molecule has 2 N–H and O–H groups in total. The molecule has 104 valence electrons. The summed E-state index contributed by atoms with van der Waals surface area (Å²) in [7, 11) is 0. The van der Waals surface area contributed by atoms with E-state index in [-0.39, 0.29) is 17.0 Å². The third kappa shape index (κ3) is 2.88. The summed E-state index contributed by atoms with van der Waals surface area (Å²) in [6.45, 7) is 3.27. The molecular weight excluding hydrogens is 328 g/mol. The van der Waals surface area contributed by atoms with E-state index < -0.39 is 11.9 Å². The minimum absolute atomic E-state index is 0.00422. The molecule has 0 saturated carbocycles. The van der Waals surface area contributed by atoms with Crippen molar-refractivity contribution in [2.75, 3.05) is 5.32 Å². The lowest BCUT2D eigenvalue weighted by Crippen LogP contribution is -2.15. The molecule has 20 heavy (non-hydrogen) atoms. The zero-order valence-corrected chi connectivity index (χ0v) is 12.3. The van der Waals surface area contributed by atoms with Crippen LogP contribution in [0, 0.1) is 13.8 Å². The van der Waals surface area contributed by atoms with E-state index in [1.165, 1.54) is 12.1 Å². The van der Waals surface area contributed by atoms with Crippen molar-refractivity contribution in [3.63, 3.8) is 0 Å². The normalized spacial score (nSPS) is 10.3. The first-order chi connectivity index (χ1) is 9.38. The molecule has 0 fully saturated rings. The predicted octanol–water partition coefficient (Wildman–Crippen LogP) is 3.00. The Morgan fingerprint density at radius 1 is 1.35 bits per heavy atom. The zero-order valence-electron chi connectivity index (χ0n) is 10.7. The lowest BCUT2D eigenvalue weighted by molar-refractivity contribution is 0.0698. The number of aromatic nitrogens is 1. The minimum atomic E-state index is -1.13. The van der Waals surface area contributed by atoms with Crippen molar-refractivity contribution in [1.82, 2.24) is 4.98 Å². The molecule has 0 aliphatic carbocycles. The predicted molar refractivity (Wildman–Crippen MR) is 75.0 cm³/mol. The Labute approximate surface area is 122 Å². The number of anilines is 1. The number of aryl methyl sites for hydroxylation is 2. The first-order valence-electron chi connectivity index (χ1n) is 5.66. The summed E-state index contributed by atoms with van der Waals surface area (Å²) in [5.41, 5.74) is 0.632. The van der Waals surface area contributed by atoms with Crippen molar-refractivity contribution in [2.45, 2.75) is 13.8 Å². The highest BCUT2D eigenvalue weighted by atomic mass is 79.9. The maximum absolute atomic E-state index is 12.1. The Kier molecular flexibility index (Phi) is 3.89. The lowest BCUT2D eigenvalue weighted by Gasteiger charge is -2.08. The van der Waals surface area contributed by atoms with E-state index >= 15 is 0 Å². The van der Waals surface area contributed by atoms with Crippen LogP contribution in [0.3, 0.4) is 0 Å². The minimum Gasteiger partial charge on any atom is -0.478 e. The lowest BCUT2D eigenvalue weighted by atomic mass is 10.1. The number of hydrogen-bond donors (Lipinski definition) is 2. The highest BCUT2D eigenvalue weighted by Gasteiger charge is 2.19. The number of hydrogen-bond acceptors (Lipinski definition) is 4. The van der Waals surface area contributed by atoms with Gasteiger partial charge in [0.15, 0.2) is 5.89 Å². The second-order valence-electron chi connectivity index (χ2n) is 4.10. The van der Waals surface area contributed by atoms with Crippen LogP contribution in [0.5, 0.6) is 0 Å². The van der Waals surface area contributed by atoms with Crippen LogP contribution in [0.15, 0.2) is 27.1 Å². The number of benzene rings is 1. The van der Waals surface area contributed by atoms with Crippen LogP contribution in [0.4, 0.5) is 5.69 Å². The molecule has 7 heteroatoms. The van der Waals surface area contributed by atoms with Crippen LogP contribution in [0.2, 0.25) is 0 Å². The number of carboxylic acid groups (broad SMARTS) is 1. The van der Waals surface area contributed by atoms with Crippen LogP contribution >= 0.6 is 15.9 Å². The van der Waals surface area contributed by atoms with Crippen LogP contribution < -0.4 is 5.32 Å². The first kappa shape index (κ1) is 14.3. The van der Waals surface area contributed by atoms with Gasteiger partial charge in [-0.05, 0) is 25.1 Å². The van der Waals surface area contributed by atoms with Gasteiger partial charge in [-0.1, -0.05) is 15.9 Å². The van der Waals surface area contributed by atoms with E-state index in [1.807, 2.05) is 0 Å². The molecule has 0 bridgehead atoms. The Morgan fingerprint density at radius 3 is 2.60 bits per heavy atom. The summed E-state index contributed by atoms with van der Waals surface area (Å²) in [4.78, 5) is 27.2. The van der Waals surface area contributed by atoms with Gasteiger partial charge in [0.1, 0.15) is 0 Å². The number of oxazole rings is 1. The van der Waals surface area contributed by atoms with Gasteiger partial charge in [0, 0.05) is 11.4 Å². The van der Waals surface area contributed by atoms with E-state index in [1.54, 1.807) is 19.9 Å². The van der Waals surface area contributed by atoms with Crippen molar-refractivity contribution >= 4 is 33.5 Å². The van der Waals surface area contributed by atoms with Gasteiger partial charge in [0.05, 0.1) is 16.9 Å². The van der Waals surface area contributed by atoms with Gasteiger partial charge < -0.3 is 14.8 Å². The Morgan fingerprint density at radius 2 is 2.05 bits per heavy atom. The number of carbonyl (C=O) groups is 2. The largest absolute Gasteiger partial charge is 0.478 e. The smallest absolute Gasteiger partial charge is 0.337 e. The monoisotopic (exact) mass is 338 g/mol. The van der Waals surface area contributed by atoms with Crippen molar-refractivity contribution in [1.29, 1.82) is 0 Å². The van der Waals surface area contributed by atoms with Gasteiger partial charge in [0.2, 0.25) is 5.76 Å². The molecule has 0 saturated heterocycles. The highest BCUT2D eigenvalue weighted by molar-refractivity contribution is 9.10. The first-order valence-corrected chi connectivity index (χ1v) is 6.46. The quantitative estimate of drug-likeness (QED) is 0.897. The Balaban J connectivity index is 2.34. The van der Waals surface area contributed by atoms with Gasteiger partial charge in [0.25, 0.3) is 5.91 Å². The second kappa shape index (κ2) is 5.46. The van der Waals surface area contributed by atoms with Crippen molar-refractivity contribution < 1.29 is 19.1 Å². The number of rotatable bonds is 3. The molecule has 0 unspecified atom stereocenters. The average Bonchev–Trinajstić information content (AvgIpc) is 2.68. The fourth-order valence-corrected chi connectivity index (χ4v) is 2.09. The van der Waals surface area contributed by atoms with Crippen molar-refractivity contribution in [3.8, 4) is 0 Å². The molecular formula is C13H11BrN2O4. The standard InChI is InChI=1S/C13H11BrN2O4/c1-6-11(20-7(2)15-6)12(17)16-10-5-8(14)3-4-9(10)13(18)19/h3-5H,1-2H3,(H,16,17)(H,18,19). The van der Waals surface area contributed by atoms with Crippen LogP contribution in [0.25, 0.3) is 0 Å². The fraction of sp³-hybridized carbons (Fsp3) is 0.154. The van der Waals surface area contributed by atoms with E-state index in [9.17, 15) is 9.59 Å². The number of nitrogens with one attached hydrogen (secondary N) is 1. The molecule has 0 aliphatic rings. The summed E-state index contributed by atoms with van der Waals surface area (Å²) in [5.74, 6) is -1.22. The summed E-state index contributed by atoms with van der Waals surface area (Å²) in [6, 6.07) is 4.50. The van der Waals surface area contributed by atoms with Crippen LogP contribution in [-0.4, -0.2) is 22.0 Å². The SMILES string of the molecule is Cc1nc(C)c(C(=O)Nc2cc(Br)ccc2C(=O)O)o1. The van der Waals surface area contributed by atoms with Crippen LogP contribution in [0.1, 0.15) is 32.5 Å². The van der Waals surface area contributed by atoms with Crippen molar-refractivity contribution in [2.24, 2.45) is 0 Å². The second-order valence-corrected chi connectivity index (χ2v) is 5.01. The van der Waals surface area contributed by atoms with Gasteiger partial charge in [-0.15, -0.1) is 0 Å². The summed E-state index contributed by atoms with van der Waals surface area (Å²) < 4.78 is 5.85. The molecule has 2 aromatic rings. The van der Waals surface area contributed by atoms with Gasteiger partial charge in [-0.3, -0.25) is 4.79 Å². The average molecular weight is 339 g/mol. The van der Waals surface area contributed by atoms with Gasteiger partial charge in [-0.2, -0.15) is 0 Å². The number of aromatic carboxylic acids is 1. The maximum atomic E-state index is 12.1. The number of carbonyl (C=O) groups excluding carboxylic acids is 1. The molecule has 0 aliphatic heterocycles. The molecule has 6 nitrogen and oxygen atoms in total. The summed E-state index contributed by atoms with van der Waals surface area (Å²) in [5, 5.41) is 11.6. The number of amides is 1. The highest BCUT2D eigenvalue weighted by Crippen LogP contribution is 2.23. The van der Waals surface area contributed by atoms with E-state index in [4.69, 9.17) is 9.52 Å². The molecule has 1 amide bonds. The van der Waals surface area contributed by atoms with Gasteiger partial charge in [-0.25, -0.2) is 9.78 Å². The van der Waals surface area contributed by atoms with Gasteiger partial charge >= 0.3 is 5.97 Å². The zero-order chi connectivity index (χ0) is 14.9. The topological polar surface area (TPSA) is 92.4 Å². The van der Waals surface area contributed by atoms with E-state index in [0.717, 1.165) is 0 Å². The molecule has 0 radical (unpaired) electrons. The fourth-order valence-electron chi connectivity index (χ4n) is 1.73. The third-order valence-electron chi connectivity index (χ3n) is 2.57.